The monoisotopic (exact) mass is 282 g/mol. The van der Waals surface area contributed by atoms with Crippen LogP contribution in [0.5, 0.6) is 0 Å². The zero-order valence-electron chi connectivity index (χ0n) is 11.8. The van der Waals surface area contributed by atoms with Crippen LogP contribution in [0.25, 0.3) is 0 Å². The Morgan fingerprint density at radius 2 is 2.32 bits per heavy atom. The van der Waals surface area contributed by atoms with E-state index in [0.29, 0.717) is 19.7 Å². The average molecular weight is 282 g/mol. The number of hydrogen-bond acceptors (Lipinski definition) is 4. The third kappa shape index (κ3) is 3.35. The minimum atomic E-state index is -0.464. The summed E-state index contributed by atoms with van der Waals surface area (Å²) >= 11 is 1.65. The number of nitrogens with zero attached hydrogens (tertiary/aromatic N) is 1. The van der Waals surface area contributed by atoms with E-state index in [-0.39, 0.29) is 17.4 Å². The summed E-state index contributed by atoms with van der Waals surface area (Å²) < 4.78 is 5.74. The van der Waals surface area contributed by atoms with Crippen molar-refractivity contribution in [1.29, 1.82) is 0 Å². The van der Waals surface area contributed by atoms with Gasteiger partial charge in [-0.2, -0.15) is 11.3 Å². The van der Waals surface area contributed by atoms with Gasteiger partial charge in [0.25, 0.3) is 0 Å². The molecule has 2 rings (SSSR count). The lowest BCUT2D eigenvalue weighted by atomic mass is 9.86. The standard InChI is InChI=1S/C14H22N2O2S/c1-14(2,3)12(15)13(17)16-5-6-18-11(8-16)10-4-7-19-9-10/h4,7,9,11-12H,5-6,8,15H2,1-3H3/t11?,12-/m1/s1. The number of hydrogen-bond donors (Lipinski definition) is 1. The molecule has 1 aliphatic heterocycles. The van der Waals surface area contributed by atoms with Gasteiger partial charge in [0.15, 0.2) is 0 Å². The van der Waals surface area contributed by atoms with Gasteiger partial charge in [-0.3, -0.25) is 4.79 Å². The zero-order valence-corrected chi connectivity index (χ0v) is 12.6. The molecule has 106 valence electrons. The summed E-state index contributed by atoms with van der Waals surface area (Å²) in [6.45, 7) is 7.77. The second kappa shape index (κ2) is 5.61. The van der Waals surface area contributed by atoms with Gasteiger partial charge in [-0.05, 0) is 27.8 Å². The highest BCUT2D eigenvalue weighted by Gasteiger charge is 2.34. The van der Waals surface area contributed by atoms with Crippen molar-refractivity contribution >= 4 is 17.2 Å². The minimum Gasteiger partial charge on any atom is -0.370 e. The van der Waals surface area contributed by atoms with E-state index in [1.807, 2.05) is 37.1 Å². The third-order valence-corrected chi connectivity index (χ3v) is 4.19. The van der Waals surface area contributed by atoms with Crippen LogP contribution in [0.4, 0.5) is 0 Å². The van der Waals surface area contributed by atoms with Crippen LogP contribution in [0.15, 0.2) is 16.8 Å². The molecule has 0 aromatic carbocycles. The summed E-state index contributed by atoms with van der Waals surface area (Å²) in [5.74, 6) is 0.0241. The van der Waals surface area contributed by atoms with E-state index in [2.05, 4.69) is 5.38 Å². The topological polar surface area (TPSA) is 55.6 Å². The first-order chi connectivity index (χ1) is 8.89. The Labute approximate surface area is 118 Å². The number of morpholine rings is 1. The Hall–Kier alpha value is -0.910. The normalized spacial score (nSPS) is 22.3. The molecule has 4 nitrogen and oxygen atoms in total. The van der Waals surface area contributed by atoms with Gasteiger partial charge in [-0.25, -0.2) is 0 Å². The van der Waals surface area contributed by atoms with Gasteiger partial charge in [-0.1, -0.05) is 20.8 Å². The number of thiophene rings is 1. The van der Waals surface area contributed by atoms with E-state index in [1.165, 1.54) is 0 Å². The van der Waals surface area contributed by atoms with E-state index >= 15 is 0 Å². The molecular weight excluding hydrogens is 260 g/mol. The molecular formula is C14H22N2O2S. The summed E-state index contributed by atoms with van der Waals surface area (Å²) in [5.41, 5.74) is 6.99. The number of ether oxygens (including phenoxy) is 1. The summed E-state index contributed by atoms with van der Waals surface area (Å²) in [6, 6.07) is 1.58. The molecule has 2 atom stereocenters. The van der Waals surface area contributed by atoms with Gasteiger partial charge in [0.1, 0.15) is 6.10 Å². The van der Waals surface area contributed by atoms with Crippen molar-refractivity contribution in [3.8, 4) is 0 Å². The highest BCUT2D eigenvalue weighted by atomic mass is 32.1. The van der Waals surface area contributed by atoms with Gasteiger partial charge < -0.3 is 15.4 Å². The van der Waals surface area contributed by atoms with Crippen LogP contribution in [-0.4, -0.2) is 36.5 Å². The van der Waals surface area contributed by atoms with E-state index in [9.17, 15) is 4.79 Å². The molecule has 1 fully saturated rings. The van der Waals surface area contributed by atoms with Crippen molar-refractivity contribution in [3.05, 3.63) is 22.4 Å². The van der Waals surface area contributed by atoms with Crippen LogP contribution in [0.2, 0.25) is 0 Å². The zero-order chi connectivity index (χ0) is 14.0. The quantitative estimate of drug-likeness (QED) is 0.903. The summed E-state index contributed by atoms with van der Waals surface area (Å²) in [7, 11) is 0. The lowest BCUT2D eigenvalue weighted by molar-refractivity contribution is -0.142. The Morgan fingerprint density at radius 1 is 1.58 bits per heavy atom. The molecule has 2 N–H and O–H groups in total. The van der Waals surface area contributed by atoms with Crippen LogP contribution in [-0.2, 0) is 9.53 Å². The summed E-state index contributed by atoms with van der Waals surface area (Å²) in [5, 5.41) is 4.10. The molecule has 5 heteroatoms. The van der Waals surface area contributed by atoms with E-state index in [0.717, 1.165) is 5.56 Å². The summed E-state index contributed by atoms with van der Waals surface area (Å²) in [6.07, 6.45) is -0.0175. The molecule has 1 aliphatic rings. The molecule has 0 radical (unpaired) electrons. The molecule has 1 aromatic heterocycles. The average Bonchev–Trinajstić information content (AvgIpc) is 2.90. The molecule has 1 aromatic rings. The van der Waals surface area contributed by atoms with Crippen LogP contribution in [0.1, 0.15) is 32.4 Å². The first-order valence-electron chi connectivity index (χ1n) is 6.57. The second-order valence-electron chi connectivity index (χ2n) is 6.04. The van der Waals surface area contributed by atoms with Crippen molar-refractivity contribution in [2.24, 2.45) is 11.1 Å². The fourth-order valence-electron chi connectivity index (χ4n) is 2.08. The molecule has 19 heavy (non-hydrogen) atoms. The maximum Gasteiger partial charge on any atom is 0.240 e. The van der Waals surface area contributed by atoms with Gasteiger partial charge in [-0.15, -0.1) is 0 Å². The van der Waals surface area contributed by atoms with Crippen LogP contribution in [0.3, 0.4) is 0 Å². The minimum absolute atomic E-state index is 0.0175. The highest BCUT2D eigenvalue weighted by molar-refractivity contribution is 7.07. The van der Waals surface area contributed by atoms with Crippen molar-refractivity contribution in [2.75, 3.05) is 19.7 Å². The maximum absolute atomic E-state index is 12.4. The van der Waals surface area contributed by atoms with Gasteiger partial charge >= 0.3 is 0 Å². The van der Waals surface area contributed by atoms with Crippen molar-refractivity contribution < 1.29 is 9.53 Å². The lowest BCUT2D eigenvalue weighted by Crippen LogP contribution is -2.53. The largest absolute Gasteiger partial charge is 0.370 e. The van der Waals surface area contributed by atoms with E-state index < -0.39 is 6.04 Å². The number of carbonyl (C=O) groups excluding carboxylic acids is 1. The van der Waals surface area contributed by atoms with E-state index in [1.54, 1.807) is 11.3 Å². The Bertz CT molecular complexity index is 425. The first-order valence-corrected chi connectivity index (χ1v) is 7.52. The molecule has 1 unspecified atom stereocenters. The fourth-order valence-corrected chi connectivity index (χ4v) is 2.78. The van der Waals surface area contributed by atoms with Gasteiger partial charge in [0.2, 0.25) is 5.91 Å². The van der Waals surface area contributed by atoms with Crippen molar-refractivity contribution in [1.82, 2.24) is 4.90 Å². The SMILES string of the molecule is CC(C)(C)[C@H](N)C(=O)N1CCOC(c2ccsc2)C1. The lowest BCUT2D eigenvalue weighted by Gasteiger charge is -2.37. The van der Waals surface area contributed by atoms with Crippen LogP contribution in [0, 0.1) is 5.41 Å². The first kappa shape index (κ1) is 14.5. The molecule has 0 bridgehead atoms. The fraction of sp³-hybridized carbons (Fsp3) is 0.643. The number of carbonyl (C=O) groups is 1. The molecule has 0 saturated carbocycles. The Balaban J connectivity index is 2.03. The maximum atomic E-state index is 12.4. The van der Waals surface area contributed by atoms with Crippen LogP contribution >= 0.6 is 11.3 Å². The van der Waals surface area contributed by atoms with Crippen molar-refractivity contribution in [2.45, 2.75) is 32.9 Å². The summed E-state index contributed by atoms with van der Waals surface area (Å²) in [4.78, 5) is 14.2. The Kier molecular flexibility index (Phi) is 4.28. The van der Waals surface area contributed by atoms with Crippen LogP contribution < -0.4 is 5.73 Å². The number of rotatable bonds is 2. The van der Waals surface area contributed by atoms with E-state index in [4.69, 9.17) is 10.5 Å². The predicted molar refractivity (Wildman–Crippen MR) is 77.0 cm³/mol. The molecule has 1 saturated heterocycles. The number of amides is 1. The second-order valence-corrected chi connectivity index (χ2v) is 6.82. The third-order valence-electron chi connectivity index (χ3n) is 3.49. The van der Waals surface area contributed by atoms with Gasteiger partial charge in [0, 0.05) is 6.54 Å². The molecule has 0 aliphatic carbocycles. The predicted octanol–water partition coefficient (Wildman–Crippen LogP) is 2.02. The molecule has 0 spiro atoms. The highest BCUT2D eigenvalue weighted by Crippen LogP contribution is 2.26. The molecule has 1 amide bonds. The molecule has 2 heterocycles. The van der Waals surface area contributed by atoms with Crippen molar-refractivity contribution in [3.63, 3.8) is 0 Å². The number of nitrogens with two attached hydrogens (primary N) is 1. The van der Waals surface area contributed by atoms with Gasteiger partial charge in [0.05, 0.1) is 19.2 Å². The Morgan fingerprint density at radius 3 is 2.89 bits per heavy atom. The smallest absolute Gasteiger partial charge is 0.240 e.